The molecule has 0 saturated carbocycles. The van der Waals surface area contributed by atoms with Gasteiger partial charge in [-0.05, 0) is 41.1 Å². The second-order valence-corrected chi connectivity index (χ2v) is 8.73. The van der Waals surface area contributed by atoms with Crippen LogP contribution < -0.4 is 16.6 Å². The van der Waals surface area contributed by atoms with Gasteiger partial charge in [-0.1, -0.05) is 44.2 Å². The number of hydrogen-bond acceptors (Lipinski definition) is 4. The Balaban J connectivity index is 1.67. The quantitative estimate of drug-likeness (QED) is 0.478. The lowest BCUT2D eigenvalue weighted by Crippen LogP contribution is -2.41. The van der Waals surface area contributed by atoms with Gasteiger partial charge in [0.15, 0.2) is 0 Å². The SMILES string of the molecule is CC(C)c1ccc(NC(=O)Cn2c(=O)n(Cc3ccccc3F)c(=O)c3sccc32)cc1. The summed E-state index contributed by atoms with van der Waals surface area (Å²) in [5.74, 6) is -0.520. The molecule has 0 aliphatic carbocycles. The zero-order valence-corrected chi connectivity index (χ0v) is 18.5. The Hall–Kier alpha value is -3.52. The summed E-state index contributed by atoms with van der Waals surface area (Å²) in [4.78, 5) is 38.7. The summed E-state index contributed by atoms with van der Waals surface area (Å²) < 4.78 is 16.7. The lowest BCUT2D eigenvalue weighted by molar-refractivity contribution is -0.116. The average molecular weight is 452 g/mol. The fraction of sp³-hybridized carbons (Fsp3) is 0.208. The number of carbonyl (C=O) groups excluding carboxylic acids is 1. The molecule has 2 heterocycles. The van der Waals surface area contributed by atoms with Crippen LogP contribution in [0.15, 0.2) is 69.6 Å². The van der Waals surface area contributed by atoms with Crippen molar-refractivity contribution >= 4 is 33.1 Å². The lowest BCUT2D eigenvalue weighted by Gasteiger charge is -2.13. The molecular weight excluding hydrogens is 429 g/mol. The molecule has 0 fully saturated rings. The number of fused-ring (bicyclic) bond motifs is 1. The molecule has 1 N–H and O–H groups in total. The van der Waals surface area contributed by atoms with Gasteiger partial charge in [-0.25, -0.2) is 9.18 Å². The Morgan fingerprint density at radius 3 is 2.44 bits per heavy atom. The molecule has 0 radical (unpaired) electrons. The first-order chi connectivity index (χ1) is 15.3. The first-order valence-electron chi connectivity index (χ1n) is 10.2. The molecule has 0 aliphatic rings. The van der Waals surface area contributed by atoms with Crippen molar-refractivity contribution in [3.63, 3.8) is 0 Å². The summed E-state index contributed by atoms with van der Waals surface area (Å²) in [5, 5.41) is 4.48. The number of nitrogens with zero attached hydrogens (tertiary/aromatic N) is 2. The van der Waals surface area contributed by atoms with Crippen LogP contribution in [0.2, 0.25) is 0 Å². The zero-order valence-electron chi connectivity index (χ0n) is 17.7. The predicted octanol–water partition coefficient (Wildman–Crippen LogP) is 4.17. The largest absolute Gasteiger partial charge is 0.332 e. The number of benzene rings is 2. The highest BCUT2D eigenvalue weighted by molar-refractivity contribution is 7.17. The van der Waals surface area contributed by atoms with Crippen molar-refractivity contribution in [3.8, 4) is 0 Å². The maximum absolute atomic E-state index is 14.1. The summed E-state index contributed by atoms with van der Waals surface area (Å²) in [6, 6.07) is 15.1. The van der Waals surface area contributed by atoms with Gasteiger partial charge in [-0.15, -0.1) is 11.3 Å². The van der Waals surface area contributed by atoms with Crippen LogP contribution in [0.5, 0.6) is 0 Å². The van der Waals surface area contributed by atoms with Crippen molar-refractivity contribution in [2.75, 3.05) is 5.32 Å². The van der Waals surface area contributed by atoms with E-state index in [0.29, 0.717) is 21.8 Å². The monoisotopic (exact) mass is 451 g/mol. The first kappa shape index (κ1) is 21.7. The number of amides is 1. The highest BCUT2D eigenvalue weighted by Gasteiger charge is 2.17. The molecule has 0 saturated heterocycles. The van der Waals surface area contributed by atoms with E-state index in [-0.39, 0.29) is 18.7 Å². The first-order valence-corrected chi connectivity index (χ1v) is 11.1. The van der Waals surface area contributed by atoms with Gasteiger partial charge >= 0.3 is 5.69 Å². The Bertz CT molecular complexity index is 1400. The van der Waals surface area contributed by atoms with Crippen LogP contribution >= 0.6 is 11.3 Å². The summed E-state index contributed by atoms with van der Waals surface area (Å²) in [5.41, 5.74) is 1.23. The number of halogens is 1. The number of carbonyl (C=O) groups is 1. The maximum Gasteiger partial charge on any atom is 0.332 e. The van der Waals surface area contributed by atoms with Crippen molar-refractivity contribution in [1.82, 2.24) is 9.13 Å². The minimum atomic E-state index is -0.658. The standard InChI is InChI=1S/C24H22FN3O3S/c1-15(2)16-7-9-18(10-8-16)26-21(29)14-27-20-11-12-32-22(20)23(30)28(24(27)31)13-17-5-3-4-6-19(17)25/h3-12,15H,13-14H2,1-2H3,(H,26,29). The molecule has 6 nitrogen and oxygen atoms in total. The zero-order chi connectivity index (χ0) is 22.8. The molecule has 2 aromatic heterocycles. The number of thiophene rings is 1. The molecule has 2 aromatic carbocycles. The topological polar surface area (TPSA) is 73.1 Å². The van der Waals surface area contributed by atoms with E-state index in [0.717, 1.165) is 10.1 Å². The average Bonchev–Trinajstić information content (AvgIpc) is 3.26. The van der Waals surface area contributed by atoms with E-state index in [4.69, 9.17) is 0 Å². The Morgan fingerprint density at radius 1 is 1.03 bits per heavy atom. The van der Waals surface area contributed by atoms with Crippen LogP contribution in [0.4, 0.5) is 10.1 Å². The van der Waals surface area contributed by atoms with Gasteiger partial charge in [0, 0.05) is 11.3 Å². The summed E-state index contributed by atoms with van der Waals surface area (Å²) in [6.07, 6.45) is 0. The number of anilines is 1. The molecule has 4 aromatic rings. The molecule has 0 aliphatic heterocycles. The molecule has 8 heteroatoms. The third-order valence-corrected chi connectivity index (χ3v) is 6.18. The van der Waals surface area contributed by atoms with Gasteiger partial charge in [-0.3, -0.25) is 18.7 Å². The van der Waals surface area contributed by atoms with Crippen LogP contribution in [0.3, 0.4) is 0 Å². The molecule has 0 atom stereocenters. The third-order valence-electron chi connectivity index (χ3n) is 5.29. The normalized spacial score (nSPS) is 11.2. The van der Waals surface area contributed by atoms with Crippen LogP contribution in [0.25, 0.3) is 10.2 Å². The third kappa shape index (κ3) is 4.27. The van der Waals surface area contributed by atoms with Gasteiger partial charge in [0.2, 0.25) is 5.91 Å². The van der Waals surface area contributed by atoms with E-state index < -0.39 is 23.0 Å². The highest BCUT2D eigenvalue weighted by atomic mass is 32.1. The molecular formula is C24H22FN3O3S. The van der Waals surface area contributed by atoms with E-state index >= 15 is 0 Å². The van der Waals surface area contributed by atoms with E-state index in [1.807, 2.05) is 24.3 Å². The lowest BCUT2D eigenvalue weighted by atomic mass is 10.0. The van der Waals surface area contributed by atoms with Crippen molar-refractivity contribution < 1.29 is 9.18 Å². The summed E-state index contributed by atoms with van der Waals surface area (Å²) >= 11 is 1.18. The number of aromatic nitrogens is 2. The summed E-state index contributed by atoms with van der Waals surface area (Å²) in [7, 11) is 0. The van der Waals surface area contributed by atoms with Gasteiger partial charge in [0.05, 0.1) is 12.1 Å². The maximum atomic E-state index is 14.1. The molecule has 1 amide bonds. The molecule has 164 valence electrons. The number of nitrogens with one attached hydrogen (secondary N) is 1. The van der Waals surface area contributed by atoms with Crippen LogP contribution in [0, 0.1) is 5.82 Å². The van der Waals surface area contributed by atoms with E-state index in [2.05, 4.69) is 19.2 Å². The van der Waals surface area contributed by atoms with E-state index in [1.54, 1.807) is 23.6 Å². The highest BCUT2D eigenvalue weighted by Crippen LogP contribution is 2.18. The van der Waals surface area contributed by atoms with Crippen LogP contribution in [-0.4, -0.2) is 15.0 Å². The van der Waals surface area contributed by atoms with Gasteiger partial charge in [0.25, 0.3) is 5.56 Å². The van der Waals surface area contributed by atoms with Crippen LogP contribution in [0.1, 0.15) is 30.9 Å². The molecule has 4 rings (SSSR count). The number of hydrogen-bond donors (Lipinski definition) is 1. The van der Waals surface area contributed by atoms with E-state index in [9.17, 15) is 18.8 Å². The second-order valence-electron chi connectivity index (χ2n) is 7.81. The van der Waals surface area contributed by atoms with Gasteiger partial charge < -0.3 is 5.32 Å². The van der Waals surface area contributed by atoms with Crippen molar-refractivity contribution in [1.29, 1.82) is 0 Å². The Morgan fingerprint density at radius 2 is 1.75 bits per heavy atom. The minimum absolute atomic E-state index is 0.212. The van der Waals surface area contributed by atoms with Crippen LogP contribution in [-0.2, 0) is 17.9 Å². The molecule has 0 spiro atoms. The van der Waals surface area contributed by atoms with Crippen molar-refractivity contribution in [2.45, 2.75) is 32.9 Å². The summed E-state index contributed by atoms with van der Waals surface area (Å²) in [6.45, 7) is 3.69. The van der Waals surface area contributed by atoms with Crippen molar-refractivity contribution in [3.05, 3.63) is 97.8 Å². The second kappa shape index (κ2) is 8.92. The molecule has 0 bridgehead atoms. The fourth-order valence-corrected chi connectivity index (χ4v) is 4.36. The van der Waals surface area contributed by atoms with E-state index in [1.165, 1.54) is 28.0 Å². The van der Waals surface area contributed by atoms with Crippen molar-refractivity contribution in [2.24, 2.45) is 0 Å². The number of rotatable bonds is 6. The molecule has 32 heavy (non-hydrogen) atoms. The fourth-order valence-electron chi connectivity index (χ4n) is 3.52. The molecule has 0 unspecified atom stereocenters. The minimum Gasteiger partial charge on any atom is -0.325 e. The smallest absolute Gasteiger partial charge is 0.325 e. The van der Waals surface area contributed by atoms with Gasteiger partial charge in [-0.2, -0.15) is 0 Å². The Labute approximate surface area is 187 Å². The van der Waals surface area contributed by atoms with Gasteiger partial charge in [0.1, 0.15) is 17.1 Å². The Kier molecular flexibility index (Phi) is 6.05. The predicted molar refractivity (Wildman–Crippen MR) is 125 cm³/mol.